The smallest absolute Gasteiger partial charge is 0.297 e. The fourth-order valence-corrected chi connectivity index (χ4v) is 2.85. The Morgan fingerprint density at radius 1 is 1.37 bits per heavy atom. The van der Waals surface area contributed by atoms with Gasteiger partial charge in [-0.1, -0.05) is 12.8 Å². The van der Waals surface area contributed by atoms with E-state index in [9.17, 15) is 13.2 Å². The first-order chi connectivity index (χ1) is 8.88. The van der Waals surface area contributed by atoms with Gasteiger partial charge >= 0.3 is 6.18 Å². The number of aryl methyl sites for hydroxylation is 1. The van der Waals surface area contributed by atoms with E-state index in [1.807, 2.05) is 0 Å². The molecule has 0 amide bonds. The number of aromatic nitrogens is 3. The van der Waals surface area contributed by atoms with Gasteiger partial charge in [0, 0.05) is 19.6 Å². The fourth-order valence-electron chi connectivity index (χ4n) is 2.85. The van der Waals surface area contributed by atoms with Crippen molar-refractivity contribution in [3.8, 4) is 0 Å². The number of hydrogen-bond donors (Lipinski definition) is 0. The Morgan fingerprint density at radius 2 is 2.05 bits per heavy atom. The summed E-state index contributed by atoms with van der Waals surface area (Å²) >= 11 is 0. The lowest BCUT2D eigenvalue weighted by molar-refractivity contribution is -0.198. The second-order valence-corrected chi connectivity index (χ2v) is 5.24. The molecule has 0 radical (unpaired) electrons. The standard InChI is InChI=1S/C12H19F3N4/c1-18(8-9-7-16-19(2)17-9)11-6-4-3-5-10(11)12(13,14)15/h7,10-11H,3-6,8H2,1-2H3/t10-,11+/m1/s1. The summed E-state index contributed by atoms with van der Waals surface area (Å²) in [6.45, 7) is 0.408. The van der Waals surface area contributed by atoms with Crippen molar-refractivity contribution in [3.63, 3.8) is 0 Å². The molecule has 1 heterocycles. The maximum Gasteiger partial charge on any atom is 0.393 e. The summed E-state index contributed by atoms with van der Waals surface area (Å²) in [7, 11) is 3.44. The molecule has 4 nitrogen and oxygen atoms in total. The number of alkyl halides is 3. The van der Waals surface area contributed by atoms with Gasteiger partial charge in [-0.3, -0.25) is 4.90 Å². The third kappa shape index (κ3) is 3.46. The molecule has 108 valence electrons. The van der Waals surface area contributed by atoms with Crippen LogP contribution in [-0.4, -0.2) is 39.2 Å². The predicted octanol–water partition coefficient (Wildman–Crippen LogP) is 2.37. The van der Waals surface area contributed by atoms with Gasteiger partial charge in [-0.25, -0.2) is 0 Å². The first-order valence-electron chi connectivity index (χ1n) is 6.50. The molecule has 0 unspecified atom stereocenters. The summed E-state index contributed by atoms with van der Waals surface area (Å²) in [5.41, 5.74) is 0.705. The van der Waals surface area contributed by atoms with Crippen LogP contribution in [-0.2, 0) is 13.6 Å². The van der Waals surface area contributed by atoms with Crippen LogP contribution in [0.5, 0.6) is 0 Å². The molecule has 1 aromatic rings. The summed E-state index contributed by atoms with van der Waals surface area (Å²) < 4.78 is 39.1. The van der Waals surface area contributed by atoms with Crippen LogP contribution >= 0.6 is 0 Å². The summed E-state index contributed by atoms with van der Waals surface area (Å²) in [6, 6.07) is -0.448. The van der Waals surface area contributed by atoms with Crippen molar-refractivity contribution in [2.75, 3.05) is 7.05 Å². The molecular formula is C12H19F3N4. The van der Waals surface area contributed by atoms with Crippen molar-refractivity contribution in [1.29, 1.82) is 0 Å². The van der Waals surface area contributed by atoms with Crippen molar-refractivity contribution in [2.24, 2.45) is 13.0 Å². The molecular weight excluding hydrogens is 257 g/mol. The monoisotopic (exact) mass is 276 g/mol. The molecule has 0 spiro atoms. The molecule has 0 aromatic carbocycles. The topological polar surface area (TPSA) is 34.0 Å². The van der Waals surface area contributed by atoms with Gasteiger partial charge < -0.3 is 0 Å². The molecule has 0 N–H and O–H groups in total. The lowest BCUT2D eigenvalue weighted by Gasteiger charge is -2.38. The minimum atomic E-state index is -4.11. The molecule has 1 aliphatic rings. The Labute approximate surface area is 110 Å². The van der Waals surface area contributed by atoms with Gasteiger partial charge in [-0.2, -0.15) is 28.2 Å². The van der Waals surface area contributed by atoms with Crippen molar-refractivity contribution in [3.05, 3.63) is 11.9 Å². The van der Waals surface area contributed by atoms with Crippen LogP contribution in [0.2, 0.25) is 0 Å². The van der Waals surface area contributed by atoms with E-state index in [-0.39, 0.29) is 6.42 Å². The first kappa shape index (κ1) is 14.3. The summed E-state index contributed by atoms with van der Waals surface area (Å²) in [5.74, 6) is -1.22. The molecule has 1 aromatic heterocycles. The van der Waals surface area contributed by atoms with E-state index in [1.165, 1.54) is 4.80 Å². The fraction of sp³-hybridized carbons (Fsp3) is 0.833. The Morgan fingerprint density at radius 3 is 2.63 bits per heavy atom. The highest BCUT2D eigenvalue weighted by molar-refractivity contribution is 4.94. The van der Waals surface area contributed by atoms with E-state index in [2.05, 4.69) is 10.2 Å². The second-order valence-electron chi connectivity index (χ2n) is 5.24. The van der Waals surface area contributed by atoms with Gasteiger partial charge in [0.25, 0.3) is 0 Å². The zero-order valence-corrected chi connectivity index (χ0v) is 11.2. The second kappa shape index (κ2) is 5.48. The Balaban J connectivity index is 2.05. The zero-order valence-electron chi connectivity index (χ0n) is 11.2. The molecule has 2 rings (SSSR count). The predicted molar refractivity (Wildman–Crippen MR) is 64.3 cm³/mol. The van der Waals surface area contributed by atoms with Crippen LogP contribution < -0.4 is 0 Å². The number of rotatable bonds is 3. The highest BCUT2D eigenvalue weighted by Gasteiger charge is 2.46. The zero-order chi connectivity index (χ0) is 14.0. The van der Waals surface area contributed by atoms with Crippen LogP contribution in [0.15, 0.2) is 6.20 Å². The van der Waals surface area contributed by atoms with Crippen LogP contribution in [0.3, 0.4) is 0 Å². The molecule has 7 heteroatoms. The highest BCUT2D eigenvalue weighted by atomic mass is 19.4. The van der Waals surface area contributed by atoms with Crippen molar-refractivity contribution < 1.29 is 13.2 Å². The summed E-state index contributed by atoms with van der Waals surface area (Å²) in [6.07, 6.45) is -0.148. The Bertz CT molecular complexity index is 415. The van der Waals surface area contributed by atoms with Gasteiger partial charge in [-0.15, -0.1) is 0 Å². The molecule has 1 aliphatic carbocycles. The SMILES string of the molecule is CN(Cc1cnn(C)n1)[C@H]1CCCC[C@H]1C(F)(F)F. The van der Waals surface area contributed by atoms with E-state index in [0.29, 0.717) is 25.1 Å². The average Bonchev–Trinajstić information content (AvgIpc) is 2.73. The quantitative estimate of drug-likeness (QED) is 0.850. The summed E-state index contributed by atoms with van der Waals surface area (Å²) in [4.78, 5) is 3.19. The maximum atomic E-state index is 13.0. The van der Waals surface area contributed by atoms with Crippen LogP contribution in [0.1, 0.15) is 31.4 Å². The van der Waals surface area contributed by atoms with Gasteiger partial charge in [-0.05, 0) is 19.9 Å². The molecule has 0 aliphatic heterocycles. The highest BCUT2D eigenvalue weighted by Crippen LogP contribution is 2.39. The van der Waals surface area contributed by atoms with E-state index in [1.54, 1.807) is 25.2 Å². The van der Waals surface area contributed by atoms with Gasteiger partial charge in [0.2, 0.25) is 0 Å². The maximum absolute atomic E-state index is 13.0. The van der Waals surface area contributed by atoms with Crippen LogP contribution in [0.25, 0.3) is 0 Å². The van der Waals surface area contributed by atoms with E-state index in [4.69, 9.17) is 0 Å². The third-order valence-electron chi connectivity index (χ3n) is 3.77. The number of nitrogens with zero attached hydrogens (tertiary/aromatic N) is 4. The van der Waals surface area contributed by atoms with E-state index in [0.717, 1.165) is 6.42 Å². The lowest BCUT2D eigenvalue weighted by Crippen LogP contribution is -2.46. The largest absolute Gasteiger partial charge is 0.393 e. The Hall–Kier alpha value is -1.11. The number of hydrogen-bond acceptors (Lipinski definition) is 3. The van der Waals surface area contributed by atoms with Crippen LogP contribution in [0, 0.1) is 5.92 Å². The van der Waals surface area contributed by atoms with Gasteiger partial charge in [0.15, 0.2) is 0 Å². The van der Waals surface area contributed by atoms with Crippen molar-refractivity contribution in [1.82, 2.24) is 19.9 Å². The van der Waals surface area contributed by atoms with Crippen molar-refractivity contribution >= 4 is 0 Å². The molecule has 1 saturated carbocycles. The lowest BCUT2D eigenvalue weighted by atomic mass is 9.83. The normalized spacial score (nSPS) is 24.9. The Kier molecular flexibility index (Phi) is 4.13. The minimum absolute atomic E-state index is 0.235. The molecule has 2 atom stereocenters. The average molecular weight is 276 g/mol. The van der Waals surface area contributed by atoms with Crippen molar-refractivity contribution in [2.45, 2.75) is 44.4 Å². The molecule has 1 fully saturated rings. The third-order valence-corrected chi connectivity index (χ3v) is 3.77. The summed E-state index contributed by atoms with van der Waals surface area (Å²) in [5, 5.41) is 8.05. The number of halogens is 3. The molecule has 19 heavy (non-hydrogen) atoms. The minimum Gasteiger partial charge on any atom is -0.297 e. The molecule has 0 saturated heterocycles. The van der Waals surface area contributed by atoms with Gasteiger partial charge in [0.1, 0.15) is 0 Å². The van der Waals surface area contributed by atoms with Gasteiger partial charge in [0.05, 0.1) is 17.8 Å². The molecule has 0 bridgehead atoms. The van der Waals surface area contributed by atoms with Crippen LogP contribution in [0.4, 0.5) is 13.2 Å². The first-order valence-corrected chi connectivity index (χ1v) is 6.50. The van der Waals surface area contributed by atoms with E-state index >= 15 is 0 Å². The van der Waals surface area contributed by atoms with E-state index < -0.39 is 18.1 Å².